The summed E-state index contributed by atoms with van der Waals surface area (Å²) in [5, 5.41) is 1.05. The summed E-state index contributed by atoms with van der Waals surface area (Å²) >= 11 is 12.1. The highest BCUT2D eigenvalue weighted by Crippen LogP contribution is 2.31. The molecule has 0 aromatic heterocycles. The van der Waals surface area contributed by atoms with Crippen molar-refractivity contribution >= 4 is 23.2 Å². The fourth-order valence-electron chi connectivity index (χ4n) is 1.71. The number of rotatable bonds is 5. The Labute approximate surface area is 107 Å². The van der Waals surface area contributed by atoms with Crippen LogP contribution < -0.4 is 5.73 Å². The van der Waals surface area contributed by atoms with Crippen LogP contribution in [-0.4, -0.2) is 13.2 Å². The van der Waals surface area contributed by atoms with Crippen LogP contribution in [0.2, 0.25) is 10.0 Å². The third kappa shape index (κ3) is 3.11. The third-order valence-corrected chi connectivity index (χ3v) is 3.45. The number of nitrogens with two attached hydrogens (primary N) is 1. The van der Waals surface area contributed by atoms with Crippen molar-refractivity contribution in [3.8, 4) is 0 Å². The molecule has 0 bridgehead atoms. The second-order valence-electron chi connectivity index (χ2n) is 3.73. The van der Waals surface area contributed by atoms with Gasteiger partial charge in [-0.15, -0.1) is 0 Å². The molecule has 0 aliphatic carbocycles. The van der Waals surface area contributed by atoms with Gasteiger partial charge in [-0.1, -0.05) is 48.7 Å². The highest BCUT2D eigenvalue weighted by Gasteiger charge is 2.21. The second-order valence-corrected chi connectivity index (χ2v) is 4.52. The first-order valence-corrected chi connectivity index (χ1v) is 6.09. The third-order valence-electron chi connectivity index (χ3n) is 2.62. The summed E-state index contributed by atoms with van der Waals surface area (Å²) in [6.07, 6.45) is 1.89. The van der Waals surface area contributed by atoms with Gasteiger partial charge in [-0.3, -0.25) is 0 Å². The highest BCUT2D eigenvalue weighted by atomic mass is 35.5. The second kappa shape index (κ2) is 6.45. The zero-order chi connectivity index (χ0) is 12.1. The van der Waals surface area contributed by atoms with E-state index < -0.39 is 0 Å². The topological polar surface area (TPSA) is 35.2 Å². The first kappa shape index (κ1) is 13.8. The smallest absolute Gasteiger partial charge is 0.0764 e. The van der Waals surface area contributed by atoms with Gasteiger partial charge in [-0.2, -0.15) is 0 Å². The normalized spacial score (nSPS) is 14.8. The van der Waals surface area contributed by atoms with Gasteiger partial charge in [0.05, 0.1) is 22.2 Å². The first-order chi connectivity index (χ1) is 7.61. The maximum atomic E-state index is 6.14. The predicted octanol–water partition coefficient (Wildman–Crippen LogP) is 3.81. The molecule has 4 heteroatoms. The van der Waals surface area contributed by atoms with Crippen molar-refractivity contribution in [3.05, 3.63) is 33.8 Å². The van der Waals surface area contributed by atoms with Crippen molar-refractivity contribution in [2.75, 3.05) is 7.11 Å². The van der Waals surface area contributed by atoms with E-state index in [1.807, 2.05) is 12.1 Å². The van der Waals surface area contributed by atoms with Crippen LogP contribution in [0.4, 0.5) is 0 Å². The number of hydrogen-bond acceptors (Lipinski definition) is 2. The predicted molar refractivity (Wildman–Crippen MR) is 69.1 cm³/mol. The minimum absolute atomic E-state index is 0.0269. The number of ether oxygens (including phenoxy) is 1. The van der Waals surface area contributed by atoms with Crippen LogP contribution >= 0.6 is 23.2 Å². The van der Waals surface area contributed by atoms with Crippen molar-refractivity contribution in [2.45, 2.75) is 31.9 Å². The number of halogens is 2. The van der Waals surface area contributed by atoms with Crippen LogP contribution in [0.3, 0.4) is 0 Å². The summed E-state index contributed by atoms with van der Waals surface area (Å²) in [5.41, 5.74) is 6.98. The van der Waals surface area contributed by atoms with Crippen molar-refractivity contribution in [3.63, 3.8) is 0 Å². The summed E-state index contributed by atoms with van der Waals surface area (Å²) in [6.45, 7) is 2.10. The molecule has 2 atom stereocenters. The van der Waals surface area contributed by atoms with Gasteiger partial charge in [0.25, 0.3) is 0 Å². The van der Waals surface area contributed by atoms with Crippen LogP contribution in [0.15, 0.2) is 18.2 Å². The fraction of sp³-hybridized carbons (Fsp3) is 0.500. The number of benzene rings is 1. The SMILES string of the molecule is CCCC(OC)C(N)c1cccc(Cl)c1Cl. The van der Waals surface area contributed by atoms with Crippen LogP contribution in [0.1, 0.15) is 31.4 Å². The molecule has 1 rings (SSSR count). The Morgan fingerprint density at radius 1 is 1.38 bits per heavy atom. The lowest BCUT2D eigenvalue weighted by Gasteiger charge is -2.23. The average Bonchev–Trinajstić information content (AvgIpc) is 2.29. The van der Waals surface area contributed by atoms with E-state index in [0.717, 1.165) is 18.4 Å². The fourth-order valence-corrected chi connectivity index (χ4v) is 2.14. The van der Waals surface area contributed by atoms with Crippen molar-refractivity contribution < 1.29 is 4.74 Å². The Morgan fingerprint density at radius 2 is 2.06 bits per heavy atom. The monoisotopic (exact) mass is 261 g/mol. The van der Waals surface area contributed by atoms with E-state index in [1.54, 1.807) is 13.2 Å². The molecular formula is C12H17Cl2NO. The average molecular weight is 262 g/mol. The highest BCUT2D eigenvalue weighted by molar-refractivity contribution is 6.42. The lowest BCUT2D eigenvalue weighted by atomic mass is 9.99. The molecule has 1 aromatic rings. The lowest BCUT2D eigenvalue weighted by molar-refractivity contribution is 0.0725. The summed E-state index contributed by atoms with van der Waals surface area (Å²) < 4.78 is 5.38. The van der Waals surface area contributed by atoms with E-state index in [2.05, 4.69) is 6.92 Å². The zero-order valence-corrected chi connectivity index (χ0v) is 11.1. The van der Waals surface area contributed by atoms with E-state index in [-0.39, 0.29) is 12.1 Å². The zero-order valence-electron chi connectivity index (χ0n) is 9.54. The minimum atomic E-state index is -0.240. The number of methoxy groups -OCH3 is 1. The molecule has 0 saturated heterocycles. The van der Waals surface area contributed by atoms with Gasteiger partial charge in [0.2, 0.25) is 0 Å². The lowest BCUT2D eigenvalue weighted by Crippen LogP contribution is -2.28. The molecule has 1 aromatic carbocycles. The Morgan fingerprint density at radius 3 is 2.62 bits per heavy atom. The molecule has 0 heterocycles. The summed E-state index contributed by atoms with van der Waals surface area (Å²) in [6, 6.07) is 5.25. The quantitative estimate of drug-likeness (QED) is 0.875. The van der Waals surface area contributed by atoms with Crippen molar-refractivity contribution in [1.82, 2.24) is 0 Å². The van der Waals surface area contributed by atoms with Crippen LogP contribution in [0, 0.1) is 0 Å². The van der Waals surface area contributed by atoms with E-state index >= 15 is 0 Å². The maximum Gasteiger partial charge on any atom is 0.0764 e. The van der Waals surface area contributed by atoms with Crippen molar-refractivity contribution in [1.29, 1.82) is 0 Å². The Bertz CT molecular complexity index is 344. The van der Waals surface area contributed by atoms with Gasteiger partial charge in [-0.05, 0) is 18.1 Å². The standard InChI is InChI=1S/C12H17Cl2NO/c1-3-5-10(16-2)12(15)8-6-4-7-9(13)11(8)14/h4,6-7,10,12H,3,5,15H2,1-2H3. The molecule has 2 N–H and O–H groups in total. The minimum Gasteiger partial charge on any atom is -0.379 e. The molecule has 0 aliphatic heterocycles. The summed E-state index contributed by atoms with van der Waals surface area (Å²) in [4.78, 5) is 0. The largest absolute Gasteiger partial charge is 0.379 e. The molecule has 0 radical (unpaired) electrons. The molecule has 2 nitrogen and oxygen atoms in total. The van der Waals surface area contributed by atoms with Gasteiger partial charge in [0, 0.05) is 7.11 Å². The Balaban J connectivity index is 2.94. The summed E-state index contributed by atoms with van der Waals surface area (Å²) in [5.74, 6) is 0. The maximum absolute atomic E-state index is 6.14. The van der Waals surface area contributed by atoms with Gasteiger partial charge in [0.1, 0.15) is 0 Å². The Kier molecular flexibility index (Phi) is 5.56. The van der Waals surface area contributed by atoms with E-state index in [9.17, 15) is 0 Å². The van der Waals surface area contributed by atoms with Gasteiger partial charge in [-0.25, -0.2) is 0 Å². The van der Waals surface area contributed by atoms with Crippen LogP contribution in [0.5, 0.6) is 0 Å². The molecule has 0 spiro atoms. The van der Waals surface area contributed by atoms with Crippen molar-refractivity contribution in [2.24, 2.45) is 5.73 Å². The molecule has 0 saturated carbocycles. The molecule has 2 unspecified atom stereocenters. The van der Waals surface area contributed by atoms with Gasteiger partial charge >= 0.3 is 0 Å². The molecule has 0 fully saturated rings. The molecule has 16 heavy (non-hydrogen) atoms. The first-order valence-electron chi connectivity index (χ1n) is 5.34. The molecule has 0 amide bonds. The van der Waals surface area contributed by atoms with Crippen LogP contribution in [-0.2, 0) is 4.74 Å². The van der Waals surface area contributed by atoms with Gasteiger partial charge in [0.15, 0.2) is 0 Å². The number of hydrogen-bond donors (Lipinski definition) is 1. The van der Waals surface area contributed by atoms with E-state index in [1.165, 1.54) is 0 Å². The molecule has 90 valence electrons. The van der Waals surface area contributed by atoms with E-state index in [4.69, 9.17) is 33.7 Å². The van der Waals surface area contributed by atoms with Gasteiger partial charge < -0.3 is 10.5 Å². The molecular weight excluding hydrogens is 245 g/mol. The Hall–Kier alpha value is -0.280. The van der Waals surface area contributed by atoms with E-state index in [0.29, 0.717) is 10.0 Å². The summed E-state index contributed by atoms with van der Waals surface area (Å²) in [7, 11) is 1.67. The van der Waals surface area contributed by atoms with Crippen LogP contribution in [0.25, 0.3) is 0 Å². The molecule has 0 aliphatic rings.